The van der Waals surface area contributed by atoms with Crippen LogP contribution in [0.1, 0.15) is 20.8 Å². The molecule has 0 saturated heterocycles. The topological polar surface area (TPSA) is 20.3 Å². The standard InChI is InChI=1S/C8H16NO/c1-7(10)9(5)6-8(2,3)4/h1,6H2,2-5H3. The third-order valence-electron chi connectivity index (χ3n) is 1.14. The minimum atomic E-state index is -0.116. The van der Waals surface area contributed by atoms with Crippen molar-refractivity contribution in [1.29, 1.82) is 0 Å². The molecule has 0 aliphatic carbocycles. The van der Waals surface area contributed by atoms with E-state index in [9.17, 15) is 4.79 Å². The molecule has 2 heteroatoms. The molecular weight excluding hydrogens is 126 g/mol. The van der Waals surface area contributed by atoms with Gasteiger partial charge >= 0.3 is 0 Å². The zero-order valence-electron chi connectivity index (χ0n) is 7.27. The predicted octanol–water partition coefficient (Wildman–Crippen LogP) is 1.32. The van der Waals surface area contributed by atoms with Crippen LogP contribution >= 0.6 is 0 Å². The molecule has 0 unspecified atom stereocenters. The molecule has 0 N–H and O–H groups in total. The van der Waals surface area contributed by atoms with Crippen molar-refractivity contribution in [2.24, 2.45) is 5.41 Å². The van der Waals surface area contributed by atoms with Crippen LogP contribution in [0.5, 0.6) is 0 Å². The Hall–Kier alpha value is -0.530. The zero-order chi connectivity index (χ0) is 8.36. The molecule has 1 radical (unpaired) electrons. The third-order valence-corrected chi connectivity index (χ3v) is 1.14. The van der Waals surface area contributed by atoms with Gasteiger partial charge in [-0.15, -0.1) is 0 Å². The monoisotopic (exact) mass is 142 g/mol. The number of carbonyl (C=O) groups excluding carboxylic acids is 1. The third kappa shape index (κ3) is 4.36. The van der Waals surface area contributed by atoms with Crippen LogP contribution in [0.25, 0.3) is 0 Å². The van der Waals surface area contributed by atoms with Gasteiger partial charge in [0, 0.05) is 20.5 Å². The molecule has 0 saturated carbocycles. The number of nitrogens with zero attached hydrogens (tertiary/aromatic N) is 1. The maximum Gasteiger partial charge on any atom is 0.222 e. The fourth-order valence-corrected chi connectivity index (χ4v) is 0.800. The lowest BCUT2D eigenvalue weighted by molar-refractivity contribution is -0.126. The van der Waals surface area contributed by atoms with E-state index in [1.165, 1.54) is 0 Å². The molecule has 10 heavy (non-hydrogen) atoms. The summed E-state index contributed by atoms with van der Waals surface area (Å²) in [5, 5.41) is 0. The first-order valence-corrected chi connectivity index (χ1v) is 3.40. The summed E-state index contributed by atoms with van der Waals surface area (Å²) in [6, 6.07) is 0. The molecule has 0 aromatic rings. The average Bonchev–Trinajstić information content (AvgIpc) is 1.60. The first-order valence-electron chi connectivity index (χ1n) is 3.40. The fourth-order valence-electron chi connectivity index (χ4n) is 0.800. The summed E-state index contributed by atoms with van der Waals surface area (Å²) in [6.45, 7) is 10.3. The fraction of sp³-hybridized carbons (Fsp3) is 0.750. The van der Waals surface area contributed by atoms with Gasteiger partial charge < -0.3 is 4.90 Å². The van der Waals surface area contributed by atoms with E-state index in [4.69, 9.17) is 0 Å². The lowest BCUT2D eigenvalue weighted by atomic mass is 9.96. The summed E-state index contributed by atoms with van der Waals surface area (Å²) in [4.78, 5) is 12.3. The van der Waals surface area contributed by atoms with Crippen molar-refractivity contribution < 1.29 is 4.79 Å². The van der Waals surface area contributed by atoms with Gasteiger partial charge in [0.1, 0.15) is 0 Å². The Kier molecular flexibility index (Phi) is 2.88. The van der Waals surface area contributed by atoms with Gasteiger partial charge in [-0.25, -0.2) is 0 Å². The van der Waals surface area contributed by atoms with Crippen LogP contribution in [0.3, 0.4) is 0 Å². The zero-order valence-corrected chi connectivity index (χ0v) is 7.27. The van der Waals surface area contributed by atoms with E-state index < -0.39 is 0 Å². The Balaban J connectivity index is 3.80. The van der Waals surface area contributed by atoms with Crippen molar-refractivity contribution in [2.45, 2.75) is 20.8 Å². The Bertz CT molecular complexity index is 124. The minimum Gasteiger partial charge on any atom is -0.345 e. The molecule has 0 bridgehead atoms. The summed E-state index contributed by atoms with van der Waals surface area (Å²) >= 11 is 0. The van der Waals surface area contributed by atoms with E-state index >= 15 is 0 Å². The van der Waals surface area contributed by atoms with Gasteiger partial charge in [-0.3, -0.25) is 4.79 Å². The van der Waals surface area contributed by atoms with Crippen LogP contribution in [-0.4, -0.2) is 24.4 Å². The highest BCUT2D eigenvalue weighted by Gasteiger charge is 2.14. The van der Waals surface area contributed by atoms with Gasteiger partial charge in [0.05, 0.1) is 0 Å². The summed E-state index contributed by atoms with van der Waals surface area (Å²) in [5.74, 6) is -0.116. The minimum absolute atomic E-state index is 0.116. The highest BCUT2D eigenvalue weighted by molar-refractivity contribution is 5.79. The van der Waals surface area contributed by atoms with Crippen LogP contribution < -0.4 is 0 Å². The molecule has 0 spiro atoms. The van der Waals surface area contributed by atoms with Crippen molar-refractivity contribution in [1.82, 2.24) is 4.90 Å². The number of amides is 1. The molecule has 0 aromatic heterocycles. The highest BCUT2D eigenvalue weighted by atomic mass is 16.2. The van der Waals surface area contributed by atoms with Crippen LogP contribution in [0.15, 0.2) is 0 Å². The summed E-state index contributed by atoms with van der Waals surface area (Å²) in [6.07, 6.45) is 0. The number of hydrogen-bond acceptors (Lipinski definition) is 1. The summed E-state index contributed by atoms with van der Waals surface area (Å²) in [7, 11) is 1.76. The second kappa shape index (κ2) is 3.04. The molecule has 0 rings (SSSR count). The largest absolute Gasteiger partial charge is 0.345 e. The van der Waals surface area contributed by atoms with E-state index in [2.05, 4.69) is 27.7 Å². The summed E-state index contributed by atoms with van der Waals surface area (Å²) < 4.78 is 0. The van der Waals surface area contributed by atoms with E-state index in [-0.39, 0.29) is 11.3 Å². The van der Waals surface area contributed by atoms with Crippen LogP contribution in [0, 0.1) is 12.3 Å². The van der Waals surface area contributed by atoms with Crippen molar-refractivity contribution >= 4 is 5.91 Å². The molecule has 0 atom stereocenters. The average molecular weight is 142 g/mol. The lowest BCUT2D eigenvalue weighted by Gasteiger charge is -2.25. The summed E-state index contributed by atoms with van der Waals surface area (Å²) in [5.41, 5.74) is 0.169. The SMILES string of the molecule is [CH2]C(=O)N(C)CC(C)(C)C. The van der Waals surface area contributed by atoms with Crippen molar-refractivity contribution in [2.75, 3.05) is 13.6 Å². The van der Waals surface area contributed by atoms with Gasteiger partial charge in [-0.2, -0.15) is 0 Å². The van der Waals surface area contributed by atoms with E-state index in [1.807, 2.05) is 0 Å². The second-order valence-electron chi connectivity index (χ2n) is 3.81. The van der Waals surface area contributed by atoms with Gasteiger partial charge in [0.2, 0.25) is 5.91 Å². The van der Waals surface area contributed by atoms with E-state index in [1.54, 1.807) is 11.9 Å². The Morgan fingerprint density at radius 2 is 1.90 bits per heavy atom. The molecule has 0 fully saturated rings. The molecule has 0 aliphatic rings. The van der Waals surface area contributed by atoms with Crippen molar-refractivity contribution in [3.05, 3.63) is 6.92 Å². The lowest BCUT2D eigenvalue weighted by Crippen LogP contribution is -2.32. The van der Waals surface area contributed by atoms with Gasteiger partial charge in [-0.1, -0.05) is 20.8 Å². The normalized spacial score (nSPS) is 11.3. The smallest absolute Gasteiger partial charge is 0.222 e. The van der Waals surface area contributed by atoms with Gasteiger partial charge in [0.15, 0.2) is 0 Å². The molecule has 0 aromatic carbocycles. The second-order valence-corrected chi connectivity index (χ2v) is 3.81. The molecular formula is C8H16NO. The van der Waals surface area contributed by atoms with Gasteiger partial charge in [0.25, 0.3) is 0 Å². The van der Waals surface area contributed by atoms with Gasteiger partial charge in [-0.05, 0) is 5.41 Å². The van der Waals surface area contributed by atoms with Crippen molar-refractivity contribution in [3.8, 4) is 0 Å². The number of carbonyl (C=O) groups is 1. The first-order chi connectivity index (χ1) is 4.33. The molecule has 59 valence electrons. The number of rotatable bonds is 1. The Morgan fingerprint density at radius 1 is 1.50 bits per heavy atom. The molecule has 2 nitrogen and oxygen atoms in total. The molecule has 0 aliphatic heterocycles. The highest BCUT2D eigenvalue weighted by Crippen LogP contribution is 2.13. The first kappa shape index (κ1) is 9.47. The quantitative estimate of drug-likeness (QED) is 0.541. The van der Waals surface area contributed by atoms with Crippen LogP contribution in [-0.2, 0) is 4.79 Å². The molecule has 1 amide bonds. The van der Waals surface area contributed by atoms with Crippen LogP contribution in [0.2, 0.25) is 0 Å². The predicted molar refractivity (Wildman–Crippen MR) is 42.4 cm³/mol. The number of hydrogen-bond donors (Lipinski definition) is 0. The van der Waals surface area contributed by atoms with Crippen molar-refractivity contribution in [3.63, 3.8) is 0 Å². The van der Waals surface area contributed by atoms with E-state index in [0.29, 0.717) is 0 Å². The maximum atomic E-state index is 10.6. The molecule has 0 heterocycles. The Labute approximate surface area is 63.2 Å². The Morgan fingerprint density at radius 3 is 2.00 bits per heavy atom. The van der Waals surface area contributed by atoms with Crippen LogP contribution in [0.4, 0.5) is 0 Å². The van der Waals surface area contributed by atoms with E-state index in [0.717, 1.165) is 6.54 Å². The maximum absolute atomic E-state index is 10.6.